The summed E-state index contributed by atoms with van der Waals surface area (Å²) >= 11 is 0. The average Bonchev–Trinajstić information content (AvgIpc) is 3.14. The molecule has 0 amide bonds. The average molecular weight is 370 g/mol. The third-order valence-corrected chi connectivity index (χ3v) is 6.34. The second kappa shape index (κ2) is 7.06. The number of aromatic nitrogens is 1. The van der Waals surface area contributed by atoms with Crippen LogP contribution in [0.1, 0.15) is 25.8 Å². The molecule has 2 atom stereocenters. The van der Waals surface area contributed by atoms with Crippen molar-refractivity contribution in [2.75, 3.05) is 13.1 Å². The number of hydrogen-bond acceptors (Lipinski definition) is 3. The molecule has 3 heteroatoms. The first-order chi connectivity index (χ1) is 13.7. The topological polar surface area (TPSA) is 29.3 Å². The van der Waals surface area contributed by atoms with E-state index in [1.807, 2.05) is 30.6 Å². The molecule has 2 aromatic carbocycles. The maximum absolute atomic E-state index is 6.13. The second-order valence-electron chi connectivity index (χ2n) is 8.37. The Morgan fingerprint density at radius 3 is 2.75 bits per heavy atom. The lowest BCUT2D eigenvalue weighted by atomic mass is 9.88. The van der Waals surface area contributed by atoms with Crippen LogP contribution in [0.2, 0.25) is 0 Å². The maximum Gasteiger partial charge on any atom is 0.137 e. The summed E-state index contributed by atoms with van der Waals surface area (Å²) in [6, 6.07) is 17.0. The van der Waals surface area contributed by atoms with Crippen molar-refractivity contribution >= 4 is 21.7 Å². The number of piperidine rings is 1. The predicted molar refractivity (Wildman–Crippen MR) is 115 cm³/mol. The number of furan rings is 1. The molecule has 0 radical (unpaired) electrons. The van der Waals surface area contributed by atoms with Gasteiger partial charge in [-0.15, -0.1) is 0 Å². The van der Waals surface area contributed by atoms with E-state index < -0.39 is 0 Å². The third kappa shape index (κ3) is 3.20. The fourth-order valence-electron chi connectivity index (χ4n) is 4.37. The Bertz CT molecular complexity index is 1100. The highest BCUT2D eigenvalue weighted by molar-refractivity contribution is 5.97. The molecule has 1 fully saturated rings. The van der Waals surface area contributed by atoms with Crippen LogP contribution < -0.4 is 0 Å². The Labute approximate surface area is 166 Å². The van der Waals surface area contributed by atoms with Crippen molar-refractivity contribution in [2.24, 2.45) is 11.8 Å². The van der Waals surface area contributed by atoms with Gasteiger partial charge in [-0.25, -0.2) is 0 Å². The van der Waals surface area contributed by atoms with Crippen LogP contribution in [0, 0.1) is 11.8 Å². The molecule has 0 bridgehead atoms. The van der Waals surface area contributed by atoms with Crippen LogP contribution in [0.5, 0.6) is 0 Å². The molecule has 0 saturated carbocycles. The Balaban J connectivity index is 1.51. The van der Waals surface area contributed by atoms with Crippen LogP contribution in [-0.4, -0.2) is 23.0 Å². The lowest BCUT2D eigenvalue weighted by molar-refractivity contribution is 0.132. The van der Waals surface area contributed by atoms with Crippen LogP contribution in [0.25, 0.3) is 33.1 Å². The monoisotopic (exact) mass is 370 g/mol. The van der Waals surface area contributed by atoms with Crippen molar-refractivity contribution < 1.29 is 4.42 Å². The molecule has 0 N–H and O–H groups in total. The Kier molecular flexibility index (Phi) is 4.40. The van der Waals surface area contributed by atoms with Gasteiger partial charge >= 0.3 is 0 Å². The van der Waals surface area contributed by atoms with E-state index in [0.29, 0.717) is 0 Å². The first kappa shape index (κ1) is 17.4. The zero-order chi connectivity index (χ0) is 19.1. The molecule has 142 valence electrons. The standard InChI is InChI=1S/C25H26N2O/c1-17-9-10-27(15-18(17)2)16-19-7-8-21-13-26-14-23(22(21)11-19)25-12-20-5-3-4-6-24(20)28-25/h3-8,11-14,17-18H,9-10,15-16H2,1-2H3/t17?,18-/m1/s1. The van der Waals surface area contributed by atoms with Gasteiger partial charge in [0.15, 0.2) is 0 Å². The molecule has 1 aliphatic rings. The highest BCUT2D eigenvalue weighted by Gasteiger charge is 2.22. The van der Waals surface area contributed by atoms with Gasteiger partial charge < -0.3 is 4.42 Å². The van der Waals surface area contributed by atoms with E-state index >= 15 is 0 Å². The van der Waals surface area contributed by atoms with Crippen molar-refractivity contribution in [1.82, 2.24) is 9.88 Å². The molecule has 3 nitrogen and oxygen atoms in total. The number of para-hydroxylation sites is 1. The van der Waals surface area contributed by atoms with E-state index in [2.05, 4.69) is 54.1 Å². The lowest BCUT2D eigenvalue weighted by Crippen LogP contribution is -2.37. The quantitative estimate of drug-likeness (QED) is 0.435. The maximum atomic E-state index is 6.13. The van der Waals surface area contributed by atoms with Gasteiger partial charge in [0.25, 0.3) is 0 Å². The third-order valence-electron chi connectivity index (χ3n) is 6.34. The molecule has 0 spiro atoms. The van der Waals surface area contributed by atoms with E-state index in [1.165, 1.54) is 30.5 Å². The van der Waals surface area contributed by atoms with Crippen LogP contribution in [0.4, 0.5) is 0 Å². The SMILES string of the molecule is CC1CCN(Cc2ccc3cncc(-c4cc5ccccc5o4)c3c2)C[C@H]1C. The summed E-state index contributed by atoms with van der Waals surface area (Å²) < 4.78 is 6.13. The van der Waals surface area contributed by atoms with Crippen LogP contribution in [0.3, 0.4) is 0 Å². The minimum absolute atomic E-state index is 0.768. The second-order valence-corrected chi connectivity index (χ2v) is 8.37. The zero-order valence-corrected chi connectivity index (χ0v) is 16.6. The first-order valence-electron chi connectivity index (χ1n) is 10.3. The number of benzene rings is 2. The molecule has 4 aromatic rings. The number of fused-ring (bicyclic) bond motifs is 2. The zero-order valence-electron chi connectivity index (χ0n) is 16.6. The van der Waals surface area contributed by atoms with Gasteiger partial charge in [0.05, 0.1) is 0 Å². The minimum atomic E-state index is 0.768. The van der Waals surface area contributed by atoms with Gasteiger partial charge in [0, 0.05) is 41.8 Å². The summed E-state index contributed by atoms with van der Waals surface area (Å²) in [5.74, 6) is 2.49. The Hall–Kier alpha value is -2.65. The van der Waals surface area contributed by atoms with Crippen LogP contribution in [0.15, 0.2) is 65.3 Å². The Morgan fingerprint density at radius 1 is 1.00 bits per heavy atom. The van der Waals surface area contributed by atoms with Gasteiger partial charge in [0.1, 0.15) is 11.3 Å². The Morgan fingerprint density at radius 2 is 1.89 bits per heavy atom. The summed E-state index contributed by atoms with van der Waals surface area (Å²) in [5.41, 5.74) is 3.34. The molecular formula is C25H26N2O. The molecule has 3 heterocycles. The summed E-state index contributed by atoms with van der Waals surface area (Å²) in [7, 11) is 0. The number of nitrogens with zero attached hydrogens (tertiary/aromatic N) is 2. The number of rotatable bonds is 3. The van der Waals surface area contributed by atoms with E-state index in [4.69, 9.17) is 4.42 Å². The van der Waals surface area contributed by atoms with E-state index in [1.54, 1.807) is 0 Å². The van der Waals surface area contributed by atoms with Crippen molar-refractivity contribution in [1.29, 1.82) is 0 Å². The predicted octanol–water partition coefficient (Wildman–Crippen LogP) is 6.13. The summed E-state index contributed by atoms with van der Waals surface area (Å²) in [4.78, 5) is 7.04. The summed E-state index contributed by atoms with van der Waals surface area (Å²) in [5, 5.41) is 3.49. The van der Waals surface area contributed by atoms with E-state index in [-0.39, 0.29) is 0 Å². The number of pyridine rings is 1. The number of likely N-dealkylation sites (tertiary alicyclic amines) is 1. The number of hydrogen-bond donors (Lipinski definition) is 0. The van der Waals surface area contributed by atoms with Gasteiger partial charge in [-0.1, -0.05) is 44.2 Å². The van der Waals surface area contributed by atoms with Gasteiger partial charge in [-0.05, 0) is 54.0 Å². The van der Waals surface area contributed by atoms with Crippen molar-refractivity contribution in [3.05, 3.63) is 66.5 Å². The molecule has 5 rings (SSSR count). The van der Waals surface area contributed by atoms with E-state index in [9.17, 15) is 0 Å². The largest absolute Gasteiger partial charge is 0.456 e. The highest BCUT2D eigenvalue weighted by Crippen LogP contribution is 2.33. The van der Waals surface area contributed by atoms with E-state index in [0.717, 1.165) is 46.1 Å². The molecule has 28 heavy (non-hydrogen) atoms. The normalized spacial score (nSPS) is 20.8. The molecule has 2 aromatic heterocycles. The fraction of sp³-hybridized carbons (Fsp3) is 0.320. The van der Waals surface area contributed by atoms with Crippen molar-refractivity contribution in [3.63, 3.8) is 0 Å². The molecule has 1 aliphatic heterocycles. The van der Waals surface area contributed by atoms with Gasteiger partial charge in [-0.2, -0.15) is 0 Å². The summed E-state index contributed by atoms with van der Waals surface area (Å²) in [6.07, 6.45) is 5.16. The minimum Gasteiger partial charge on any atom is -0.456 e. The lowest BCUT2D eigenvalue weighted by Gasteiger charge is -2.35. The van der Waals surface area contributed by atoms with Gasteiger partial charge in [-0.3, -0.25) is 9.88 Å². The molecule has 0 aliphatic carbocycles. The van der Waals surface area contributed by atoms with Crippen molar-refractivity contribution in [3.8, 4) is 11.3 Å². The molecular weight excluding hydrogens is 344 g/mol. The molecule has 1 unspecified atom stereocenters. The summed E-state index contributed by atoms with van der Waals surface area (Å²) in [6.45, 7) is 8.14. The smallest absolute Gasteiger partial charge is 0.137 e. The van der Waals surface area contributed by atoms with Crippen LogP contribution >= 0.6 is 0 Å². The van der Waals surface area contributed by atoms with Crippen LogP contribution in [-0.2, 0) is 6.54 Å². The van der Waals surface area contributed by atoms with Gasteiger partial charge in [0.2, 0.25) is 0 Å². The molecule has 1 saturated heterocycles. The fourth-order valence-corrected chi connectivity index (χ4v) is 4.37. The van der Waals surface area contributed by atoms with Crippen molar-refractivity contribution in [2.45, 2.75) is 26.8 Å². The highest BCUT2D eigenvalue weighted by atomic mass is 16.3. The first-order valence-corrected chi connectivity index (χ1v) is 10.3.